The molecule has 1 aromatic carbocycles. The van der Waals surface area contributed by atoms with Gasteiger partial charge in [0.1, 0.15) is 5.75 Å². The van der Waals surface area contributed by atoms with Gasteiger partial charge in [0, 0.05) is 29.6 Å². The highest BCUT2D eigenvalue weighted by Crippen LogP contribution is 2.21. The van der Waals surface area contributed by atoms with E-state index in [1.807, 2.05) is 44.2 Å². The summed E-state index contributed by atoms with van der Waals surface area (Å²) in [6, 6.07) is 9.74. The monoisotopic (exact) mass is 260 g/mol. The molecule has 0 aliphatic carbocycles. The minimum absolute atomic E-state index is 0.0556. The first-order valence-corrected chi connectivity index (χ1v) is 6.41. The van der Waals surface area contributed by atoms with E-state index in [2.05, 4.69) is 4.98 Å². The van der Waals surface area contributed by atoms with Crippen LogP contribution in [-0.4, -0.2) is 28.3 Å². The first-order chi connectivity index (χ1) is 9.00. The minimum Gasteiger partial charge on any atom is -0.491 e. The third kappa shape index (κ3) is 3.66. The molecule has 0 fully saturated rings. The summed E-state index contributed by atoms with van der Waals surface area (Å²) in [7, 11) is 0. The van der Waals surface area contributed by atoms with Crippen molar-refractivity contribution in [3.63, 3.8) is 0 Å². The van der Waals surface area contributed by atoms with E-state index in [0.29, 0.717) is 6.42 Å². The van der Waals surface area contributed by atoms with E-state index in [9.17, 15) is 0 Å². The van der Waals surface area contributed by atoms with Crippen LogP contribution in [0, 0.1) is 0 Å². The number of rotatable bonds is 5. The molecule has 0 radical (unpaired) electrons. The zero-order valence-corrected chi connectivity index (χ0v) is 11.3. The number of aliphatic hydroxyl groups is 1. The first-order valence-electron chi connectivity index (χ1n) is 6.41. The predicted octanol–water partition coefficient (Wildman–Crippen LogP) is 2.10. The lowest BCUT2D eigenvalue weighted by molar-refractivity contribution is 0.134. The summed E-state index contributed by atoms with van der Waals surface area (Å²) in [6.07, 6.45) is 2.28. The van der Waals surface area contributed by atoms with Crippen molar-refractivity contribution >= 4 is 10.9 Å². The van der Waals surface area contributed by atoms with Crippen LogP contribution < -0.4 is 10.5 Å². The van der Waals surface area contributed by atoms with E-state index < -0.39 is 5.54 Å². The second kappa shape index (κ2) is 5.55. The average molecular weight is 260 g/mol. The second-order valence-electron chi connectivity index (χ2n) is 5.30. The molecule has 2 unspecified atom stereocenters. The van der Waals surface area contributed by atoms with Crippen molar-refractivity contribution in [2.24, 2.45) is 5.73 Å². The Morgan fingerprint density at radius 3 is 2.95 bits per heavy atom. The quantitative estimate of drug-likeness (QED) is 0.864. The summed E-state index contributed by atoms with van der Waals surface area (Å²) in [5.41, 5.74) is 6.21. The molecule has 102 valence electrons. The highest BCUT2D eigenvalue weighted by Gasteiger charge is 2.21. The molecule has 0 aliphatic rings. The fourth-order valence-corrected chi connectivity index (χ4v) is 2.11. The van der Waals surface area contributed by atoms with Crippen LogP contribution in [0.15, 0.2) is 36.5 Å². The molecule has 3 N–H and O–H groups in total. The molecule has 1 aromatic heterocycles. The van der Waals surface area contributed by atoms with Gasteiger partial charge in [0.15, 0.2) is 0 Å². The largest absolute Gasteiger partial charge is 0.491 e. The summed E-state index contributed by atoms with van der Waals surface area (Å²) in [6.45, 7) is 3.71. The van der Waals surface area contributed by atoms with Gasteiger partial charge in [-0.15, -0.1) is 0 Å². The molecule has 2 atom stereocenters. The Balaban J connectivity index is 2.08. The molecule has 4 nitrogen and oxygen atoms in total. The van der Waals surface area contributed by atoms with Gasteiger partial charge in [0.25, 0.3) is 0 Å². The van der Waals surface area contributed by atoms with Gasteiger partial charge < -0.3 is 15.6 Å². The molecule has 0 aliphatic heterocycles. The number of nitrogens with zero attached hydrogens (tertiary/aromatic N) is 1. The fraction of sp³-hybridized carbons (Fsp3) is 0.400. The number of pyridine rings is 1. The lowest BCUT2D eigenvalue weighted by Gasteiger charge is -2.26. The Morgan fingerprint density at radius 2 is 2.21 bits per heavy atom. The molecule has 4 heteroatoms. The van der Waals surface area contributed by atoms with Gasteiger partial charge in [0.05, 0.1) is 18.2 Å². The topological polar surface area (TPSA) is 68.4 Å². The van der Waals surface area contributed by atoms with Crippen molar-refractivity contribution in [1.29, 1.82) is 0 Å². The fourth-order valence-electron chi connectivity index (χ4n) is 2.11. The number of ether oxygens (including phenoxy) is 1. The van der Waals surface area contributed by atoms with Gasteiger partial charge in [-0.2, -0.15) is 0 Å². The number of benzene rings is 1. The van der Waals surface area contributed by atoms with Crippen LogP contribution in [0.25, 0.3) is 10.9 Å². The smallest absolute Gasteiger partial charge is 0.121 e. The number of aromatic nitrogens is 1. The van der Waals surface area contributed by atoms with Crippen molar-refractivity contribution in [3.05, 3.63) is 36.5 Å². The third-order valence-electron chi connectivity index (χ3n) is 3.03. The zero-order chi connectivity index (χ0) is 13.9. The molecule has 0 saturated carbocycles. The Morgan fingerprint density at radius 1 is 1.42 bits per heavy atom. The van der Waals surface area contributed by atoms with Crippen molar-refractivity contribution in [3.8, 4) is 5.75 Å². The number of fused-ring (bicyclic) bond motifs is 1. The van der Waals surface area contributed by atoms with Crippen LogP contribution in [0.2, 0.25) is 0 Å². The lowest BCUT2D eigenvalue weighted by Crippen LogP contribution is -2.43. The highest BCUT2D eigenvalue weighted by molar-refractivity contribution is 5.79. The zero-order valence-electron chi connectivity index (χ0n) is 11.3. The first kappa shape index (κ1) is 13.8. The van der Waals surface area contributed by atoms with Crippen molar-refractivity contribution in [2.75, 3.05) is 6.61 Å². The SMILES string of the molecule is CC(CC(C)(N)CO)Oc1ccc2cccnc2c1. The van der Waals surface area contributed by atoms with Crippen LogP contribution in [0.1, 0.15) is 20.3 Å². The maximum atomic E-state index is 9.16. The molecular weight excluding hydrogens is 240 g/mol. The Bertz CT molecular complexity index is 555. The maximum Gasteiger partial charge on any atom is 0.121 e. The molecule has 2 aromatic rings. The van der Waals surface area contributed by atoms with E-state index >= 15 is 0 Å². The number of hydrogen-bond donors (Lipinski definition) is 2. The third-order valence-corrected chi connectivity index (χ3v) is 3.03. The van der Waals surface area contributed by atoms with Crippen molar-refractivity contribution in [2.45, 2.75) is 31.9 Å². The summed E-state index contributed by atoms with van der Waals surface area (Å²) >= 11 is 0. The van der Waals surface area contributed by atoms with Crippen LogP contribution in [0.4, 0.5) is 0 Å². The van der Waals surface area contributed by atoms with E-state index in [1.165, 1.54) is 0 Å². The van der Waals surface area contributed by atoms with Gasteiger partial charge in [0.2, 0.25) is 0 Å². The Labute approximate surface area is 113 Å². The summed E-state index contributed by atoms with van der Waals surface area (Å²) < 4.78 is 5.83. The molecule has 1 heterocycles. The molecule has 0 amide bonds. The Hall–Kier alpha value is -1.65. The molecule has 0 spiro atoms. The average Bonchev–Trinajstić information content (AvgIpc) is 2.38. The van der Waals surface area contributed by atoms with E-state index in [4.69, 9.17) is 15.6 Å². The summed E-state index contributed by atoms with van der Waals surface area (Å²) in [4.78, 5) is 4.30. The molecule has 0 bridgehead atoms. The van der Waals surface area contributed by atoms with Crippen LogP contribution >= 0.6 is 0 Å². The van der Waals surface area contributed by atoms with E-state index in [1.54, 1.807) is 6.20 Å². The van der Waals surface area contributed by atoms with Gasteiger partial charge in [-0.3, -0.25) is 4.98 Å². The Kier molecular flexibility index (Phi) is 4.02. The van der Waals surface area contributed by atoms with Crippen LogP contribution in [0.5, 0.6) is 5.75 Å². The van der Waals surface area contributed by atoms with Gasteiger partial charge in [-0.05, 0) is 32.0 Å². The maximum absolute atomic E-state index is 9.16. The van der Waals surface area contributed by atoms with E-state index in [0.717, 1.165) is 16.7 Å². The summed E-state index contributed by atoms with van der Waals surface area (Å²) in [5.74, 6) is 0.771. The van der Waals surface area contributed by atoms with Crippen molar-refractivity contribution in [1.82, 2.24) is 4.98 Å². The number of aliphatic hydroxyl groups excluding tert-OH is 1. The van der Waals surface area contributed by atoms with Gasteiger partial charge >= 0.3 is 0 Å². The van der Waals surface area contributed by atoms with Crippen LogP contribution in [0.3, 0.4) is 0 Å². The van der Waals surface area contributed by atoms with Crippen molar-refractivity contribution < 1.29 is 9.84 Å². The number of hydrogen-bond acceptors (Lipinski definition) is 4. The normalized spacial score (nSPS) is 16.0. The standard InChI is InChI=1S/C15H20N2O2/c1-11(9-15(2,16)10-18)19-13-6-5-12-4-3-7-17-14(12)8-13/h3-8,11,18H,9-10,16H2,1-2H3. The second-order valence-corrected chi connectivity index (χ2v) is 5.30. The lowest BCUT2D eigenvalue weighted by atomic mass is 9.97. The van der Waals surface area contributed by atoms with E-state index in [-0.39, 0.29) is 12.7 Å². The molecular formula is C15H20N2O2. The molecule has 19 heavy (non-hydrogen) atoms. The minimum atomic E-state index is -0.617. The van der Waals surface area contributed by atoms with Gasteiger partial charge in [-0.1, -0.05) is 6.07 Å². The molecule has 0 saturated heterocycles. The highest BCUT2D eigenvalue weighted by atomic mass is 16.5. The van der Waals surface area contributed by atoms with Gasteiger partial charge in [-0.25, -0.2) is 0 Å². The molecule has 2 rings (SSSR count). The number of nitrogens with two attached hydrogens (primary N) is 1. The summed E-state index contributed by atoms with van der Waals surface area (Å²) in [5, 5.41) is 10.2. The van der Waals surface area contributed by atoms with Crippen LogP contribution in [-0.2, 0) is 0 Å². The predicted molar refractivity (Wildman–Crippen MR) is 76.1 cm³/mol.